The Balaban J connectivity index is 3.07. The highest BCUT2D eigenvalue weighted by Gasteiger charge is 2.29. The third kappa shape index (κ3) is 3.69. The molecule has 1 aromatic heterocycles. The SMILES string of the molecule is CCCCC(CN)Nc1c([N+](=O)[O-])c(C(C)C)nn1C. The molecule has 0 aliphatic rings. The molecular weight excluding hydrogens is 258 g/mol. The van der Waals surface area contributed by atoms with Crippen LogP contribution in [0.4, 0.5) is 11.5 Å². The molecule has 0 aromatic carbocycles. The van der Waals surface area contributed by atoms with E-state index in [1.54, 1.807) is 11.7 Å². The van der Waals surface area contributed by atoms with E-state index in [-0.39, 0.29) is 22.6 Å². The Morgan fingerprint density at radius 3 is 2.60 bits per heavy atom. The first-order valence-corrected chi connectivity index (χ1v) is 7.10. The minimum Gasteiger partial charge on any atom is -0.361 e. The first-order valence-electron chi connectivity index (χ1n) is 7.10. The Kier molecular flexibility index (Phi) is 5.94. The van der Waals surface area contributed by atoms with Crippen molar-refractivity contribution >= 4 is 11.5 Å². The topological polar surface area (TPSA) is 99.0 Å². The van der Waals surface area contributed by atoms with E-state index >= 15 is 0 Å². The Morgan fingerprint density at radius 1 is 1.50 bits per heavy atom. The lowest BCUT2D eigenvalue weighted by Crippen LogP contribution is -2.30. The number of hydrogen-bond donors (Lipinski definition) is 2. The van der Waals surface area contributed by atoms with Crippen LogP contribution in [0, 0.1) is 10.1 Å². The molecule has 114 valence electrons. The average Bonchev–Trinajstić information content (AvgIpc) is 2.72. The Hall–Kier alpha value is -1.63. The number of nitrogens with two attached hydrogens (primary N) is 1. The normalized spacial score (nSPS) is 12.7. The lowest BCUT2D eigenvalue weighted by Gasteiger charge is -2.17. The van der Waals surface area contributed by atoms with Crippen LogP contribution in [0.1, 0.15) is 51.6 Å². The zero-order valence-electron chi connectivity index (χ0n) is 12.7. The maximum Gasteiger partial charge on any atom is 0.334 e. The van der Waals surface area contributed by atoms with Crippen molar-refractivity contribution in [3.63, 3.8) is 0 Å². The summed E-state index contributed by atoms with van der Waals surface area (Å²) in [6.07, 6.45) is 3.01. The number of nitro groups is 1. The van der Waals surface area contributed by atoms with Crippen molar-refractivity contribution in [1.29, 1.82) is 0 Å². The van der Waals surface area contributed by atoms with Gasteiger partial charge in [0.05, 0.1) is 4.92 Å². The smallest absolute Gasteiger partial charge is 0.334 e. The quantitative estimate of drug-likeness (QED) is 0.563. The molecule has 0 saturated carbocycles. The molecular formula is C13H25N5O2. The van der Waals surface area contributed by atoms with Crippen molar-refractivity contribution in [2.75, 3.05) is 11.9 Å². The van der Waals surface area contributed by atoms with Crippen LogP contribution in [0.15, 0.2) is 0 Å². The predicted molar refractivity (Wildman–Crippen MR) is 79.9 cm³/mol. The van der Waals surface area contributed by atoms with Crippen LogP contribution in [0.2, 0.25) is 0 Å². The fourth-order valence-electron chi connectivity index (χ4n) is 2.16. The summed E-state index contributed by atoms with van der Waals surface area (Å²) in [6, 6.07) is 0.0315. The van der Waals surface area contributed by atoms with Gasteiger partial charge in [-0.05, 0) is 6.42 Å². The standard InChI is InChI=1S/C13H25N5O2/c1-5-6-7-10(8-14)15-13-12(18(19)20)11(9(2)3)16-17(13)4/h9-10,15H,5-8,14H2,1-4H3. The molecule has 1 aromatic rings. The molecule has 1 atom stereocenters. The maximum absolute atomic E-state index is 11.3. The van der Waals surface area contributed by atoms with Gasteiger partial charge in [0.1, 0.15) is 5.69 Å². The predicted octanol–water partition coefficient (Wildman–Crippen LogP) is 2.38. The van der Waals surface area contributed by atoms with Gasteiger partial charge >= 0.3 is 5.69 Å². The molecule has 1 rings (SSSR count). The van der Waals surface area contributed by atoms with Gasteiger partial charge in [0.25, 0.3) is 0 Å². The van der Waals surface area contributed by atoms with Gasteiger partial charge in [-0.25, -0.2) is 4.68 Å². The lowest BCUT2D eigenvalue weighted by molar-refractivity contribution is -0.384. The third-order valence-corrected chi connectivity index (χ3v) is 3.31. The third-order valence-electron chi connectivity index (χ3n) is 3.31. The summed E-state index contributed by atoms with van der Waals surface area (Å²) in [5.74, 6) is 0.453. The minimum absolute atomic E-state index is 0.00381. The molecule has 0 saturated heterocycles. The Labute approximate surface area is 119 Å². The zero-order chi connectivity index (χ0) is 15.3. The van der Waals surface area contributed by atoms with Crippen LogP contribution in [0.3, 0.4) is 0 Å². The monoisotopic (exact) mass is 283 g/mol. The molecule has 0 spiro atoms. The van der Waals surface area contributed by atoms with Crippen LogP contribution in [0.25, 0.3) is 0 Å². The van der Waals surface area contributed by atoms with Gasteiger partial charge in [-0.2, -0.15) is 5.10 Å². The van der Waals surface area contributed by atoms with Gasteiger partial charge in [-0.1, -0.05) is 33.6 Å². The molecule has 7 nitrogen and oxygen atoms in total. The van der Waals surface area contributed by atoms with Gasteiger partial charge in [0.15, 0.2) is 0 Å². The maximum atomic E-state index is 11.3. The van der Waals surface area contributed by atoms with Crippen LogP contribution < -0.4 is 11.1 Å². The summed E-state index contributed by atoms with van der Waals surface area (Å²) in [5, 5.41) is 18.8. The highest BCUT2D eigenvalue weighted by atomic mass is 16.6. The number of aryl methyl sites for hydroxylation is 1. The fourth-order valence-corrected chi connectivity index (χ4v) is 2.16. The van der Waals surface area contributed by atoms with Crippen molar-refractivity contribution in [3.8, 4) is 0 Å². The van der Waals surface area contributed by atoms with Crippen molar-refractivity contribution in [1.82, 2.24) is 9.78 Å². The second-order valence-electron chi connectivity index (χ2n) is 5.34. The molecule has 0 bridgehead atoms. The summed E-state index contributed by atoms with van der Waals surface area (Å²) in [5.41, 5.74) is 6.32. The van der Waals surface area contributed by atoms with E-state index in [0.717, 1.165) is 19.3 Å². The van der Waals surface area contributed by atoms with E-state index in [9.17, 15) is 10.1 Å². The highest BCUT2D eigenvalue weighted by molar-refractivity contribution is 5.61. The average molecular weight is 283 g/mol. The van der Waals surface area contributed by atoms with E-state index in [4.69, 9.17) is 5.73 Å². The first-order chi connectivity index (χ1) is 9.42. The van der Waals surface area contributed by atoms with Crippen molar-refractivity contribution in [2.24, 2.45) is 12.8 Å². The molecule has 1 heterocycles. The second kappa shape index (κ2) is 7.23. The summed E-state index contributed by atoms with van der Waals surface area (Å²) < 4.78 is 1.54. The van der Waals surface area contributed by atoms with Gasteiger partial charge in [0.2, 0.25) is 5.82 Å². The van der Waals surface area contributed by atoms with Crippen LogP contribution in [-0.2, 0) is 7.05 Å². The van der Waals surface area contributed by atoms with Gasteiger partial charge in [0, 0.05) is 25.6 Å². The highest BCUT2D eigenvalue weighted by Crippen LogP contribution is 2.33. The van der Waals surface area contributed by atoms with Crippen LogP contribution >= 0.6 is 0 Å². The summed E-state index contributed by atoms with van der Waals surface area (Å²) in [6.45, 7) is 6.35. The Bertz CT molecular complexity index is 456. The summed E-state index contributed by atoms with van der Waals surface area (Å²) >= 11 is 0. The number of hydrogen-bond acceptors (Lipinski definition) is 5. The molecule has 1 unspecified atom stereocenters. The first kappa shape index (κ1) is 16.4. The van der Waals surface area contributed by atoms with E-state index in [1.807, 2.05) is 13.8 Å². The number of anilines is 1. The molecule has 0 radical (unpaired) electrons. The molecule has 20 heavy (non-hydrogen) atoms. The van der Waals surface area contributed by atoms with Crippen LogP contribution in [-0.4, -0.2) is 27.3 Å². The second-order valence-corrected chi connectivity index (χ2v) is 5.34. The molecule has 0 aliphatic heterocycles. The van der Waals surface area contributed by atoms with E-state index < -0.39 is 0 Å². The minimum atomic E-state index is -0.363. The number of nitrogens with one attached hydrogen (secondary N) is 1. The number of rotatable bonds is 8. The Morgan fingerprint density at radius 2 is 2.15 bits per heavy atom. The van der Waals surface area contributed by atoms with Crippen molar-refractivity contribution in [2.45, 2.75) is 52.0 Å². The lowest BCUT2D eigenvalue weighted by atomic mass is 10.1. The summed E-state index contributed by atoms with van der Waals surface area (Å²) in [7, 11) is 1.72. The largest absolute Gasteiger partial charge is 0.361 e. The number of unbranched alkanes of at least 4 members (excludes halogenated alkanes) is 1. The summed E-state index contributed by atoms with van der Waals surface area (Å²) in [4.78, 5) is 11.0. The van der Waals surface area contributed by atoms with Gasteiger partial charge in [-0.15, -0.1) is 0 Å². The van der Waals surface area contributed by atoms with E-state index in [1.165, 1.54) is 0 Å². The van der Waals surface area contributed by atoms with Crippen molar-refractivity contribution in [3.05, 3.63) is 15.8 Å². The molecule has 3 N–H and O–H groups in total. The molecule has 7 heteroatoms. The number of aromatic nitrogens is 2. The van der Waals surface area contributed by atoms with Gasteiger partial charge in [-0.3, -0.25) is 10.1 Å². The number of nitrogens with zero attached hydrogens (tertiary/aromatic N) is 3. The van der Waals surface area contributed by atoms with Crippen LogP contribution in [0.5, 0.6) is 0 Å². The van der Waals surface area contributed by atoms with E-state index in [0.29, 0.717) is 18.1 Å². The zero-order valence-corrected chi connectivity index (χ0v) is 12.7. The van der Waals surface area contributed by atoms with Crippen molar-refractivity contribution < 1.29 is 4.92 Å². The van der Waals surface area contributed by atoms with Gasteiger partial charge < -0.3 is 11.1 Å². The molecule has 0 aliphatic carbocycles. The molecule has 0 fully saturated rings. The van der Waals surface area contributed by atoms with E-state index in [2.05, 4.69) is 17.3 Å². The fraction of sp³-hybridized carbons (Fsp3) is 0.769. The molecule has 0 amide bonds.